The quantitative estimate of drug-likeness (QED) is 0.232. The van der Waals surface area contributed by atoms with Gasteiger partial charge in [-0.05, 0) is 43.7 Å². The summed E-state index contributed by atoms with van der Waals surface area (Å²) in [6, 6.07) is 7.66. The second-order valence-electron chi connectivity index (χ2n) is 7.03. The molecule has 2 heterocycles. The fourth-order valence-electron chi connectivity index (χ4n) is 3.18. The van der Waals surface area contributed by atoms with Gasteiger partial charge in [-0.3, -0.25) is 0 Å². The highest BCUT2D eigenvalue weighted by Gasteiger charge is 2.25. The summed E-state index contributed by atoms with van der Waals surface area (Å²) in [5.74, 6) is 1.85. The molecule has 0 aromatic heterocycles. The van der Waals surface area contributed by atoms with Crippen LogP contribution in [0.3, 0.4) is 0 Å². The van der Waals surface area contributed by atoms with Crippen molar-refractivity contribution in [1.82, 2.24) is 15.5 Å². The van der Waals surface area contributed by atoms with E-state index in [0.717, 1.165) is 36.5 Å². The Morgan fingerprint density at radius 1 is 1.33 bits per heavy atom. The Morgan fingerprint density at radius 2 is 2.10 bits per heavy atom. The number of guanidine groups is 2. The smallest absolute Gasteiger partial charge is 0.225 e. The molecule has 0 radical (unpaired) electrons. The van der Waals surface area contributed by atoms with E-state index in [-0.39, 0.29) is 18.0 Å². The number of ether oxygens (including phenoxy) is 1. The van der Waals surface area contributed by atoms with Crippen molar-refractivity contribution in [2.24, 2.45) is 26.4 Å². The second kappa shape index (κ2) is 10.2. The Hall–Kier alpha value is -2.92. The zero-order valence-corrected chi connectivity index (χ0v) is 18.1. The first-order valence-corrected chi connectivity index (χ1v) is 10.2. The van der Waals surface area contributed by atoms with Gasteiger partial charge in [0.25, 0.3) is 0 Å². The lowest BCUT2D eigenvalue weighted by Crippen LogP contribution is -2.47. The van der Waals surface area contributed by atoms with Gasteiger partial charge in [-0.25, -0.2) is 4.99 Å². The number of amidine groups is 1. The van der Waals surface area contributed by atoms with E-state index in [9.17, 15) is 0 Å². The lowest BCUT2D eigenvalue weighted by atomic mass is 10.1. The van der Waals surface area contributed by atoms with Crippen molar-refractivity contribution in [2.75, 3.05) is 39.2 Å². The summed E-state index contributed by atoms with van der Waals surface area (Å²) in [6.07, 6.45) is 2.19. The van der Waals surface area contributed by atoms with Crippen molar-refractivity contribution in [1.29, 1.82) is 0 Å². The van der Waals surface area contributed by atoms with Gasteiger partial charge in [-0.1, -0.05) is 0 Å². The van der Waals surface area contributed by atoms with Gasteiger partial charge < -0.3 is 37.1 Å². The highest BCUT2D eigenvalue weighted by molar-refractivity contribution is 7.80. The predicted molar refractivity (Wildman–Crippen MR) is 124 cm³/mol. The van der Waals surface area contributed by atoms with Crippen LogP contribution in [0.2, 0.25) is 0 Å². The van der Waals surface area contributed by atoms with E-state index < -0.39 is 0 Å². The van der Waals surface area contributed by atoms with E-state index >= 15 is 0 Å². The molecule has 10 nitrogen and oxygen atoms in total. The molecule has 7 N–H and O–H groups in total. The van der Waals surface area contributed by atoms with Crippen LogP contribution >= 0.6 is 12.6 Å². The summed E-state index contributed by atoms with van der Waals surface area (Å²) < 4.78 is 5.60. The first kappa shape index (κ1) is 21.8. The van der Waals surface area contributed by atoms with Gasteiger partial charge in [-0.15, -0.1) is 12.6 Å². The van der Waals surface area contributed by atoms with Gasteiger partial charge in [0.05, 0.1) is 7.11 Å². The molecule has 0 amide bonds. The molecule has 0 spiro atoms. The van der Waals surface area contributed by atoms with Crippen molar-refractivity contribution in [3.8, 4) is 0 Å². The molecule has 0 bridgehead atoms. The molecular weight excluding hydrogens is 402 g/mol. The monoisotopic (exact) mass is 431 g/mol. The Morgan fingerprint density at radius 3 is 2.77 bits per heavy atom. The van der Waals surface area contributed by atoms with Crippen molar-refractivity contribution >= 4 is 36.1 Å². The van der Waals surface area contributed by atoms with E-state index in [1.54, 1.807) is 7.11 Å². The van der Waals surface area contributed by atoms with Gasteiger partial charge >= 0.3 is 0 Å². The van der Waals surface area contributed by atoms with E-state index in [2.05, 4.69) is 43.6 Å². The molecule has 0 saturated carbocycles. The number of nitrogens with two attached hydrogens (primary N) is 2. The third kappa shape index (κ3) is 5.80. The van der Waals surface area contributed by atoms with Gasteiger partial charge in [0.2, 0.25) is 17.7 Å². The summed E-state index contributed by atoms with van der Waals surface area (Å²) in [6.45, 7) is 2.35. The molecule has 1 unspecified atom stereocenters. The van der Waals surface area contributed by atoms with Crippen LogP contribution in [0.15, 0.2) is 55.7 Å². The number of hydrogen-bond donors (Lipinski definition) is 6. The van der Waals surface area contributed by atoms with Gasteiger partial charge in [0.1, 0.15) is 6.67 Å². The van der Waals surface area contributed by atoms with Crippen LogP contribution in [0.5, 0.6) is 0 Å². The number of piperidine rings is 1. The van der Waals surface area contributed by atoms with E-state index in [1.165, 1.54) is 0 Å². The molecule has 2 aliphatic heterocycles. The number of benzene rings is 1. The third-order valence-electron chi connectivity index (χ3n) is 4.66. The van der Waals surface area contributed by atoms with Crippen LogP contribution in [-0.2, 0) is 4.74 Å². The van der Waals surface area contributed by atoms with Crippen LogP contribution < -0.4 is 27.4 Å². The summed E-state index contributed by atoms with van der Waals surface area (Å²) in [5.41, 5.74) is 12.8. The van der Waals surface area contributed by atoms with Crippen LogP contribution in [-0.4, -0.2) is 62.6 Å². The number of rotatable bonds is 4. The predicted octanol–water partition coefficient (Wildman–Crippen LogP) is 0.475. The molecule has 1 aromatic carbocycles. The zero-order valence-electron chi connectivity index (χ0n) is 17.2. The number of anilines is 1. The topological polar surface area (TPSA) is 138 Å². The lowest BCUT2D eigenvalue weighted by molar-refractivity contribution is 0.275. The number of methoxy groups -OCH3 is 1. The number of thiol groups is 1. The minimum atomic E-state index is 0.00259. The molecule has 1 saturated heterocycles. The maximum Gasteiger partial charge on any atom is 0.225 e. The van der Waals surface area contributed by atoms with E-state index in [0.29, 0.717) is 24.1 Å². The molecule has 11 heteroatoms. The summed E-state index contributed by atoms with van der Waals surface area (Å²) in [7, 11) is 3.44. The van der Waals surface area contributed by atoms with Gasteiger partial charge in [0.15, 0.2) is 11.7 Å². The van der Waals surface area contributed by atoms with E-state index in [4.69, 9.17) is 16.2 Å². The number of aliphatic imine (C=N–C) groups is 3. The average molecular weight is 432 g/mol. The minimum absolute atomic E-state index is 0.00259. The van der Waals surface area contributed by atoms with Gasteiger partial charge in [0, 0.05) is 30.2 Å². The maximum absolute atomic E-state index is 6.04. The fourth-order valence-corrected chi connectivity index (χ4v) is 3.33. The number of hydrogen-bond acceptors (Lipinski definition) is 7. The molecule has 30 heavy (non-hydrogen) atoms. The van der Waals surface area contributed by atoms with Crippen molar-refractivity contribution < 1.29 is 4.74 Å². The SMILES string of the molecule is COC1=C(/N=C(N)/N=C(\N)Nc2ccc(S)cc2)N(C)CN=C1NC1CCCNC1. The molecule has 0 aliphatic carbocycles. The van der Waals surface area contributed by atoms with Crippen molar-refractivity contribution in [2.45, 2.75) is 23.8 Å². The third-order valence-corrected chi connectivity index (χ3v) is 4.96. The fraction of sp³-hybridized carbons (Fsp3) is 0.421. The van der Waals surface area contributed by atoms with E-state index in [1.807, 2.05) is 36.2 Å². The molecule has 1 atom stereocenters. The number of nitrogens with one attached hydrogen (secondary N) is 3. The van der Waals surface area contributed by atoms with Crippen LogP contribution in [0.4, 0.5) is 5.69 Å². The van der Waals surface area contributed by atoms with Gasteiger partial charge in [-0.2, -0.15) is 9.98 Å². The van der Waals surface area contributed by atoms with Crippen molar-refractivity contribution in [3.05, 3.63) is 35.8 Å². The lowest BCUT2D eigenvalue weighted by Gasteiger charge is -2.30. The highest BCUT2D eigenvalue weighted by atomic mass is 32.1. The first-order valence-electron chi connectivity index (χ1n) is 9.72. The molecule has 3 rings (SSSR count). The summed E-state index contributed by atoms with van der Waals surface area (Å²) in [4.78, 5) is 15.8. The molecule has 162 valence electrons. The second-order valence-corrected chi connectivity index (χ2v) is 7.55. The molecule has 1 fully saturated rings. The number of nitrogens with zero attached hydrogens (tertiary/aromatic N) is 4. The minimum Gasteiger partial charge on any atom is -0.490 e. The Labute approximate surface area is 182 Å². The Bertz CT molecular complexity index is 857. The highest BCUT2D eigenvalue weighted by Crippen LogP contribution is 2.18. The normalized spacial score (nSPS) is 20.7. The largest absolute Gasteiger partial charge is 0.490 e. The maximum atomic E-state index is 6.04. The molecule has 2 aliphatic rings. The van der Waals surface area contributed by atoms with Crippen molar-refractivity contribution in [3.63, 3.8) is 0 Å². The Kier molecular flexibility index (Phi) is 7.41. The summed E-state index contributed by atoms with van der Waals surface area (Å²) >= 11 is 4.26. The van der Waals surface area contributed by atoms with Crippen LogP contribution in [0.1, 0.15) is 12.8 Å². The molecular formula is C19H29N9OS. The first-order chi connectivity index (χ1) is 14.5. The summed E-state index contributed by atoms with van der Waals surface area (Å²) in [5, 5.41) is 9.79. The standard InChI is InChI=1S/C19H29N9OS/c1-28-11-23-16(24-13-4-3-9-22-10-13)15(29-2)17(28)26-19(21)27-18(20)25-12-5-7-14(30)8-6-12/h5-8,13,22,30H,3-4,9-11H2,1-2H3,(H,23,24)(H5,20,21,25,26,27). The van der Waals surface area contributed by atoms with Crippen LogP contribution in [0.25, 0.3) is 0 Å². The Balaban J connectivity index is 1.76. The zero-order chi connectivity index (χ0) is 21.5. The average Bonchev–Trinajstić information content (AvgIpc) is 2.73. The van der Waals surface area contributed by atoms with Crippen LogP contribution in [0, 0.1) is 0 Å². The molecule has 1 aromatic rings.